The second kappa shape index (κ2) is 10.4. The van der Waals surface area contributed by atoms with Gasteiger partial charge >= 0.3 is 12.1 Å². The maximum Gasteiger partial charge on any atom is 0.490 e. The van der Waals surface area contributed by atoms with Gasteiger partial charge in [0.25, 0.3) is 11.5 Å². The summed E-state index contributed by atoms with van der Waals surface area (Å²) < 4.78 is 43.4. The summed E-state index contributed by atoms with van der Waals surface area (Å²) in [5.41, 5.74) is 1.37. The molecule has 1 amide bonds. The molecule has 190 valence electrons. The highest BCUT2D eigenvalue weighted by Gasteiger charge is 2.38. The Morgan fingerprint density at radius 3 is 2.24 bits per heavy atom. The van der Waals surface area contributed by atoms with Crippen LogP contribution in [0.5, 0.6) is 11.5 Å². The summed E-state index contributed by atoms with van der Waals surface area (Å²) in [7, 11) is 0. The number of pyridine rings is 2. The van der Waals surface area contributed by atoms with Gasteiger partial charge in [0.15, 0.2) is 11.5 Å². The van der Waals surface area contributed by atoms with Gasteiger partial charge in [-0.05, 0) is 46.7 Å². The number of nitrogens with one attached hydrogen (secondary N) is 2. The number of nitrogens with zero attached hydrogens (tertiary/aromatic N) is 1. The molecule has 1 aliphatic heterocycles. The monoisotopic (exact) mass is 513 g/mol. The SMILES string of the molecule is O=C(Nc1cc(-c2ccncc2)c[nH]c1=O)C1COc2cc3ccccc3cc2O1.O=C(O)C(F)(F)F. The first-order chi connectivity index (χ1) is 17.6. The summed E-state index contributed by atoms with van der Waals surface area (Å²) in [4.78, 5) is 40.5. The number of hydrogen-bond donors (Lipinski definition) is 3. The van der Waals surface area contributed by atoms with E-state index in [4.69, 9.17) is 19.4 Å². The standard InChI is InChI=1S/C23H17N3O4.C2HF3O2/c27-22-18(9-17(12-25-22)14-5-7-24-8-6-14)26-23(28)21-13-29-19-10-15-3-1-2-4-16(15)11-20(19)30-21;3-2(4,5)1(6)7/h1-12,21H,13H2,(H,25,27)(H,26,28);(H,6,7). The third-order valence-electron chi connectivity index (χ3n) is 5.18. The van der Waals surface area contributed by atoms with Crippen LogP contribution in [-0.2, 0) is 9.59 Å². The summed E-state index contributed by atoms with van der Waals surface area (Å²) in [6, 6.07) is 16.8. The number of amides is 1. The van der Waals surface area contributed by atoms with E-state index in [0.29, 0.717) is 11.5 Å². The summed E-state index contributed by atoms with van der Waals surface area (Å²) in [6.07, 6.45) is -1.04. The lowest BCUT2D eigenvalue weighted by Gasteiger charge is -2.26. The number of aromatic nitrogens is 2. The number of carboxylic acids is 1. The number of rotatable bonds is 3. The van der Waals surface area contributed by atoms with Crippen LogP contribution in [0.3, 0.4) is 0 Å². The number of fused-ring (bicyclic) bond motifs is 2. The van der Waals surface area contributed by atoms with Gasteiger partial charge in [0.05, 0.1) is 0 Å². The Hall–Kier alpha value is -4.87. The zero-order valence-corrected chi connectivity index (χ0v) is 18.8. The van der Waals surface area contributed by atoms with Gasteiger partial charge < -0.3 is 24.9 Å². The van der Waals surface area contributed by atoms with Crippen LogP contribution >= 0.6 is 0 Å². The number of aliphatic carboxylic acids is 1. The molecule has 4 aromatic rings. The van der Waals surface area contributed by atoms with Crippen molar-refractivity contribution in [2.45, 2.75) is 12.3 Å². The second-order valence-corrected chi connectivity index (χ2v) is 7.72. The normalized spacial score (nSPS) is 14.3. The summed E-state index contributed by atoms with van der Waals surface area (Å²) in [6.45, 7) is 0.0547. The Balaban J connectivity index is 0.000000405. The first-order valence-electron chi connectivity index (χ1n) is 10.7. The van der Waals surface area contributed by atoms with Crippen molar-refractivity contribution in [3.63, 3.8) is 0 Å². The van der Waals surface area contributed by atoms with Crippen molar-refractivity contribution in [2.24, 2.45) is 0 Å². The highest BCUT2D eigenvalue weighted by atomic mass is 19.4. The lowest BCUT2D eigenvalue weighted by atomic mass is 10.1. The first kappa shape index (κ1) is 25.2. The number of carbonyl (C=O) groups is 2. The number of carboxylic acid groups (broad SMARTS) is 1. The molecular formula is C25H18F3N3O6. The van der Waals surface area contributed by atoms with Gasteiger partial charge in [0.2, 0.25) is 6.10 Å². The molecule has 0 saturated carbocycles. The molecule has 1 aliphatic rings. The second-order valence-electron chi connectivity index (χ2n) is 7.72. The maximum absolute atomic E-state index is 12.8. The highest BCUT2D eigenvalue weighted by molar-refractivity contribution is 5.95. The van der Waals surface area contributed by atoms with Gasteiger partial charge in [-0.3, -0.25) is 14.6 Å². The van der Waals surface area contributed by atoms with Crippen molar-refractivity contribution >= 4 is 28.3 Å². The number of H-pyrrole nitrogens is 1. The van der Waals surface area contributed by atoms with Crippen LogP contribution in [-0.4, -0.2) is 45.8 Å². The predicted molar refractivity (Wildman–Crippen MR) is 126 cm³/mol. The number of ether oxygens (including phenoxy) is 2. The molecule has 2 aromatic carbocycles. The number of carbonyl (C=O) groups excluding carboxylic acids is 1. The van der Waals surface area contributed by atoms with E-state index in [1.807, 2.05) is 48.5 Å². The van der Waals surface area contributed by atoms with Crippen LogP contribution in [0.1, 0.15) is 0 Å². The van der Waals surface area contributed by atoms with Crippen molar-refractivity contribution in [3.05, 3.63) is 83.5 Å². The molecule has 0 bridgehead atoms. The largest absolute Gasteiger partial charge is 0.490 e. The molecule has 0 saturated heterocycles. The molecule has 0 spiro atoms. The minimum Gasteiger partial charge on any atom is -0.485 e. The van der Waals surface area contributed by atoms with Crippen molar-refractivity contribution in [1.29, 1.82) is 0 Å². The Morgan fingerprint density at radius 2 is 1.62 bits per heavy atom. The van der Waals surface area contributed by atoms with Crippen LogP contribution in [0, 0.1) is 0 Å². The number of alkyl halides is 3. The van der Waals surface area contributed by atoms with Crippen LogP contribution in [0.25, 0.3) is 21.9 Å². The van der Waals surface area contributed by atoms with E-state index in [0.717, 1.165) is 21.9 Å². The van der Waals surface area contributed by atoms with E-state index in [2.05, 4.69) is 15.3 Å². The quantitative estimate of drug-likeness (QED) is 0.377. The molecule has 9 nitrogen and oxygen atoms in total. The molecule has 12 heteroatoms. The molecule has 0 fully saturated rings. The van der Waals surface area contributed by atoms with E-state index in [9.17, 15) is 22.8 Å². The molecule has 1 atom stereocenters. The third-order valence-corrected chi connectivity index (χ3v) is 5.18. The molecule has 37 heavy (non-hydrogen) atoms. The number of benzene rings is 2. The fourth-order valence-corrected chi connectivity index (χ4v) is 3.39. The van der Waals surface area contributed by atoms with Crippen LogP contribution in [0.4, 0.5) is 18.9 Å². The van der Waals surface area contributed by atoms with E-state index in [1.54, 1.807) is 24.7 Å². The Kier molecular flexibility index (Phi) is 7.09. The average molecular weight is 513 g/mol. The Bertz CT molecular complexity index is 1510. The smallest absolute Gasteiger partial charge is 0.485 e. The summed E-state index contributed by atoms with van der Waals surface area (Å²) >= 11 is 0. The van der Waals surface area contributed by atoms with Gasteiger partial charge in [-0.1, -0.05) is 24.3 Å². The van der Waals surface area contributed by atoms with Gasteiger partial charge in [0, 0.05) is 24.2 Å². The van der Waals surface area contributed by atoms with Crippen LogP contribution < -0.4 is 20.3 Å². The minimum absolute atomic E-state index is 0.0547. The zero-order valence-electron chi connectivity index (χ0n) is 18.8. The number of hydrogen-bond acceptors (Lipinski definition) is 6. The van der Waals surface area contributed by atoms with Crippen molar-refractivity contribution in [2.75, 3.05) is 11.9 Å². The van der Waals surface area contributed by atoms with Crippen molar-refractivity contribution in [1.82, 2.24) is 9.97 Å². The molecule has 2 aromatic heterocycles. The zero-order chi connectivity index (χ0) is 26.6. The minimum atomic E-state index is -5.08. The van der Waals surface area contributed by atoms with E-state index >= 15 is 0 Å². The van der Waals surface area contributed by atoms with Crippen LogP contribution in [0.15, 0.2) is 78.0 Å². The highest BCUT2D eigenvalue weighted by Crippen LogP contribution is 2.36. The van der Waals surface area contributed by atoms with Crippen LogP contribution in [0.2, 0.25) is 0 Å². The lowest BCUT2D eigenvalue weighted by molar-refractivity contribution is -0.192. The predicted octanol–water partition coefficient (Wildman–Crippen LogP) is 4.00. The number of halogens is 3. The van der Waals surface area contributed by atoms with E-state index in [-0.39, 0.29) is 12.3 Å². The molecule has 5 rings (SSSR count). The maximum atomic E-state index is 12.8. The van der Waals surface area contributed by atoms with Crippen molar-refractivity contribution in [3.8, 4) is 22.6 Å². The van der Waals surface area contributed by atoms with Gasteiger partial charge in [-0.15, -0.1) is 0 Å². The number of aromatic amines is 1. The lowest BCUT2D eigenvalue weighted by Crippen LogP contribution is -2.41. The summed E-state index contributed by atoms with van der Waals surface area (Å²) in [5, 5.41) is 11.8. The average Bonchev–Trinajstić information content (AvgIpc) is 2.88. The molecule has 0 aliphatic carbocycles. The first-order valence-corrected chi connectivity index (χ1v) is 10.7. The number of anilines is 1. The fourth-order valence-electron chi connectivity index (χ4n) is 3.39. The van der Waals surface area contributed by atoms with Crippen molar-refractivity contribution < 1.29 is 37.3 Å². The van der Waals surface area contributed by atoms with Gasteiger partial charge in [-0.2, -0.15) is 13.2 Å². The van der Waals surface area contributed by atoms with E-state index < -0.39 is 29.7 Å². The van der Waals surface area contributed by atoms with Gasteiger partial charge in [-0.25, -0.2) is 4.79 Å². The topological polar surface area (TPSA) is 131 Å². The fraction of sp³-hybridized carbons (Fsp3) is 0.120. The molecule has 3 heterocycles. The molecule has 3 N–H and O–H groups in total. The molecular weight excluding hydrogens is 495 g/mol. The Morgan fingerprint density at radius 1 is 1.00 bits per heavy atom. The van der Waals surface area contributed by atoms with Gasteiger partial charge in [0.1, 0.15) is 12.3 Å². The molecule has 0 radical (unpaired) electrons. The summed E-state index contributed by atoms with van der Waals surface area (Å²) in [5.74, 6) is -2.12. The Labute approximate surface area is 206 Å². The third kappa shape index (κ3) is 6.04. The van der Waals surface area contributed by atoms with E-state index in [1.165, 1.54) is 0 Å². The molecule has 1 unspecified atom stereocenters.